The molecule has 0 radical (unpaired) electrons. The second kappa shape index (κ2) is 18.3. The third-order valence-corrected chi connectivity index (χ3v) is 11.4. The van der Waals surface area contributed by atoms with Crippen LogP contribution in [-0.2, 0) is 39.2 Å². The van der Waals surface area contributed by atoms with E-state index in [-0.39, 0.29) is 30.6 Å². The van der Waals surface area contributed by atoms with Crippen LogP contribution in [0.15, 0.2) is 71.9 Å². The molecule has 5 rings (SSSR count). The maximum absolute atomic E-state index is 12.1. The van der Waals surface area contributed by atoms with Gasteiger partial charge in [-0.25, -0.2) is 8.42 Å². The van der Waals surface area contributed by atoms with E-state index in [4.69, 9.17) is 14.2 Å². The molecule has 1 saturated heterocycles. The highest BCUT2D eigenvalue weighted by atomic mass is 32.2. The summed E-state index contributed by atoms with van der Waals surface area (Å²) in [7, 11) is -3.49. The average Bonchev–Trinajstić information content (AvgIpc) is 3.65. The zero-order chi connectivity index (χ0) is 40.6. The molecule has 4 aromatic rings. The molecule has 14 heteroatoms. The molecule has 3 aromatic carbocycles. The van der Waals surface area contributed by atoms with Crippen LogP contribution in [0.2, 0.25) is 0 Å². The molecule has 2 heterocycles. The SMILES string of the molecule is Cc1cc(CN[C@](C)(CO)C(=O)O)c(OCc2cncc(S(C)(=O)=O)c2)cc1OCc1cccc(-c2cccc(OCCCN3CC[C@@H](C(=O)O)C3)c2C)c1C. The predicted molar refractivity (Wildman–Crippen MR) is 211 cm³/mol. The van der Waals surface area contributed by atoms with Crippen LogP contribution in [0.25, 0.3) is 11.1 Å². The lowest BCUT2D eigenvalue weighted by Crippen LogP contribution is -2.52. The first-order valence-corrected chi connectivity index (χ1v) is 20.4. The van der Waals surface area contributed by atoms with E-state index < -0.39 is 33.9 Å². The normalized spacial score (nSPS) is 15.6. The molecular weight excluding hydrogens is 739 g/mol. The number of likely N-dealkylation sites (tertiary alicyclic amines) is 1. The highest BCUT2D eigenvalue weighted by Crippen LogP contribution is 2.35. The lowest BCUT2D eigenvalue weighted by Gasteiger charge is -2.25. The van der Waals surface area contributed by atoms with Crippen molar-refractivity contribution in [2.24, 2.45) is 5.92 Å². The van der Waals surface area contributed by atoms with Crippen LogP contribution in [0.3, 0.4) is 0 Å². The highest BCUT2D eigenvalue weighted by molar-refractivity contribution is 7.90. The number of benzene rings is 3. The van der Waals surface area contributed by atoms with Gasteiger partial charge in [0.25, 0.3) is 0 Å². The minimum absolute atomic E-state index is 0.0169. The number of rotatable bonds is 19. The zero-order valence-corrected chi connectivity index (χ0v) is 33.3. The summed E-state index contributed by atoms with van der Waals surface area (Å²) in [6.07, 6.45) is 5.37. The minimum Gasteiger partial charge on any atom is -0.493 e. The number of aryl methyl sites for hydroxylation is 1. The summed E-state index contributed by atoms with van der Waals surface area (Å²) in [5.41, 5.74) is 5.43. The van der Waals surface area contributed by atoms with Gasteiger partial charge in [-0.3, -0.25) is 19.9 Å². The fourth-order valence-corrected chi connectivity index (χ4v) is 7.23. The number of hydrogen-bond acceptors (Lipinski definition) is 11. The van der Waals surface area contributed by atoms with Gasteiger partial charge >= 0.3 is 11.9 Å². The fraction of sp³-hybridized carbons (Fsp3) is 0.405. The summed E-state index contributed by atoms with van der Waals surface area (Å²) >= 11 is 0. The molecular formula is C42H51N3O10S. The first kappa shape index (κ1) is 42.1. The Morgan fingerprint density at radius 2 is 1.62 bits per heavy atom. The number of aliphatic hydroxyl groups excluding tert-OH is 1. The van der Waals surface area contributed by atoms with Gasteiger partial charge in [-0.2, -0.15) is 0 Å². The van der Waals surface area contributed by atoms with E-state index in [2.05, 4.69) is 34.3 Å². The number of aliphatic carboxylic acids is 2. The van der Waals surface area contributed by atoms with Crippen molar-refractivity contribution in [3.63, 3.8) is 0 Å². The van der Waals surface area contributed by atoms with E-state index in [1.54, 1.807) is 6.07 Å². The molecule has 0 saturated carbocycles. The molecule has 0 amide bonds. The first-order chi connectivity index (χ1) is 26.6. The quantitative estimate of drug-likeness (QED) is 0.0895. The van der Waals surface area contributed by atoms with Crippen molar-refractivity contribution in [2.75, 3.05) is 39.1 Å². The Hall–Kier alpha value is -5.02. The minimum atomic E-state index is -3.49. The van der Waals surface area contributed by atoms with Gasteiger partial charge in [0.15, 0.2) is 9.84 Å². The van der Waals surface area contributed by atoms with Crippen molar-refractivity contribution in [1.82, 2.24) is 15.2 Å². The van der Waals surface area contributed by atoms with Gasteiger partial charge in [-0.05, 0) is 98.7 Å². The lowest BCUT2D eigenvalue weighted by atomic mass is 9.93. The maximum Gasteiger partial charge on any atom is 0.326 e. The van der Waals surface area contributed by atoms with Crippen molar-refractivity contribution >= 4 is 21.8 Å². The third kappa shape index (κ3) is 10.4. The molecule has 1 aliphatic rings. The number of hydrogen-bond donors (Lipinski definition) is 4. The van der Waals surface area contributed by atoms with E-state index in [0.717, 1.165) is 64.9 Å². The monoisotopic (exact) mass is 789 g/mol. The molecule has 0 aliphatic carbocycles. The molecule has 4 N–H and O–H groups in total. The molecule has 300 valence electrons. The number of nitrogens with zero attached hydrogens (tertiary/aromatic N) is 2. The van der Waals surface area contributed by atoms with Crippen LogP contribution in [0, 0.1) is 26.7 Å². The molecule has 1 aliphatic heterocycles. The van der Waals surface area contributed by atoms with Crippen LogP contribution in [0.4, 0.5) is 0 Å². The number of carbonyl (C=O) groups is 2. The summed E-state index contributed by atoms with van der Waals surface area (Å²) in [6, 6.07) is 17.1. The summed E-state index contributed by atoms with van der Waals surface area (Å²) in [5, 5.41) is 31.7. The van der Waals surface area contributed by atoms with Crippen LogP contribution in [0.5, 0.6) is 17.2 Å². The standard InChI is InChI=1S/C42H51N3O10S/c1-27-17-33(21-44-42(4,26-46)41(49)50)39(54-24-30-18-34(22-43-20-30)56(5,51)52)19-38(27)55-25-32-9-6-10-35(28(32)2)36-11-7-12-37(29(36)3)53-16-8-14-45-15-13-31(23-45)40(47)48/h6-7,9-12,17-20,22,31,44,46H,8,13-16,21,23-26H2,1-5H3,(H,47,48)(H,49,50)/t31-,42-/m1/s1. The van der Waals surface area contributed by atoms with Gasteiger partial charge in [0.2, 0.25) is 0 Å². The van der Waals surface area contributed by atoms with E-state index in [0.29, 0.717) is 42.2 Å². The van der Waals surface area contributed by atoms with Crippen LogP contribution in [0.1, 0.15) is 53.1 Å². The number of carboxylic acids is 2. The number of sulfone groups is 1. The Bertz CT molecular complexity index is 2160. The highest BCUT2D eigenvalue weighted by Gasteiger charge is 2.32. The Morgan fingerprint density at radius 1 is 0.911 bits per heavy atom. The largest absolute Gasteiger partial charge is 0.493 e. The van der Waals surface area contributed by atoms with Gasteiger partial charge in [-0.15, -0.1) is 0 Å². The van der Waals surface area contributed by atoms with Crippen LogP contribution >= 0.6 is 0 Å². The smallest absolute Gasteiger partial charge is 0.326 e. The zero-order valence-electron chi connectivity index (χ0n) is 32.5. The third-order valence-electron chi connectivity index (χ3n) is 10.3. The number of aliphatic hydroxyl groups is 1. The Balaban J connectivity index is 1.31. The van der Waals surface area contributed by atoms with Gasteiger partial charge < -0.3 is 34.4 Å². The first-order valence-electron chi connectivity index (χ1n) is 18.5. The Labute approximate surface area is 328 Å². The number of ether oxygens (including phenoxy) is 3. The number of aromatic nitrogens is 1. The van der Waals surface area contributed by atoms with Crippen molar-refractivity contribution in [3.8, 4) is 28.4 Å². The second-order valence-corrected chi connectivity index (χ2v) is 16.6. The van der Waals surface area contributed by atoms with E-state index >= 15 is 0 Å². The fourth-order valence-electron chi connectivity index (χ4n) is 6.61. The summed E-state index contributed by atoms with van der Waals surface area (Å²) in [6.45, 7) is 9.70. The van der Waals surface area contributed by atoms with Gasteiger partial charge in [-0.1, -0.05) is 30.3 Å². The Morgan fingerprint density at radius 3 is 2.30 bits per heavy atom. The molecule has 1 aromatic heterocycles. The number of nitrogens with one attached hydrogen (secondary N) is 1. The van der Waals surface area contributed by atoms with Gasteiger partial charge in [0, 0.05) is 55.5 Å². The predicted octanol–water partition coefficient (Wildman–Crippen LogP) is 5.34. The Kier molecular flexibility index (Phi) is 13.8. The molecule has 0 spiro atoms. The summed E-state index contributed by atoms with van der Waals surface area (Å²) in [4.78, 5) is 29.5. The molecule has 13 nitrogen and oxygen atoms in total. The van der Waals surface area contributed by atoms with E-state index in [1.165, 1.54) is 25.4 Å². The average molecular weight is 790 g/mol. The van der Waals surface area contributed by atoms with E-state index in [9.17, 15) is 33.3 Å². The number of pyridine rings is 1. The maximum atomic E-state index is 12.1. The van der Waals surface area contributed by atoms with Crippen molar-refractivity contribution < 1.29 is 47.5 Å². The molecule has 2 atom stereocenters. The summed E-state index contributed by atoms with van der Waals surface area (Å²) < 4.78 is 43.0. The van der Waals surface area contributed by atoms with Crippen molar-refractivity contribution in [3.05, 3.63) is 100 Å². The van der Waals surface area contributed by atoms with Crippen LogP contribution < -0.4 is 19.5 Å². The van der Waals surface area contributed by atoms with Crippen molar-refractivity contribution in [2.45, 2.75) is 70.7 Å². The van der Waals surface area contributed by atoms with E-state index in [1.807, 2.05) is 44.2 Å². The second-order valence-electron chi connectivity index (χ2n) is 14.6. The topological polar surface area (TPSA) is 185 Å². The van der Waals surface area contributed by atoms with Gasteiger partial charge in [0.05, 0.1) is 24.0 Å². The summed E-state index contributed by atoms with van der Waals surface area (Å²) in [5.74, 6) is -0.499. The number of carboxylic acid groups (broad SMARTS) is 2. The molecule has 56 heavy (non-hydrogen) atoms. The lowest BCUT2D eigenvalue weighted by molar-refractivity contribution is -0.146. The molecule has 1 fully saturated rings. The molecule has 0 bridgehead atoms. The van der Waals surface area contributed by atoms with Gasteiger partial charge in [0.1, 0.15) is 36.0 Å². The van der Waals surface area contributed by atoms with Crippen molar-refractivity contribution in [1.29, 1.82) is 0 Å². The van der Waals surface area contributed by atoms with Crippen LogP contribution in [-0.4, -0.2) is 90.2 Å². The molecule has 0 unspecified atom stereocenters.